The monoisotopic (exact) mass is 499 g/mol. The van der Waals surface area contributed by atoms with Gasteiger partial charge in [0.2, 0.25) is 15.9 Å². The Morgan fingerprint density at radius 3 is 2.56 bits per heavy atom. The summed E-state index contributed by atoms with van der Waals surface area (Å²) >= 11 is 1.30. The molecule has 0 atom stereocenters. The van der Waals surface area contributed by atoms with Gasteiger partial charge in [-0.1, -0.05) is 36.0 Å². The minimum atomic E-state index is -3.64. The number of benzene rings is 2. The Kier molecular flexibility index (Phi) is 6.68. The molecule has 9 nitrogen and oxygen atoms in total. The molecule has 1 aliphatic carbocycles. The predicted octanol–water partition coefficient (Wildman–Crippen LogP) is 2.90. The van der Waals surface area contributed by atoms with E-state index in [4.69, 9.17) is 4.74 Å². The van der Waals surface area contributed by atoms with E-state index in [-0.39, 0.29) is 16.6 Å². The SMILES string of the molecule is O=C(CSc1nnc(C2CC2)n1-c1ccccc1)Nc1cccc(S(=O)(=O)N2CCOCC2)c1. The van der Waals surface area contributed by atoms with Crippen molar-refractivity contribution in [2.24, 2.45) is 0 Å². The number of carbonyl (C=O) groups is 1. The molecule has 1 saturated heterocycles. The highest BCUT2D eigenvalue weighted by Crippen LogP contribution is 2.41. The molecular weight excluding hydrogens is 474 g/mol. The maximum absolute atomic E-state index is 12.9. The number of sulfonamides is 1. The molecule has 5 rings (SSSR count). The topological polar surface area (TPSA) is 106 Å². The van der Waals surface area contributed by atoms with Crippen molar-refractivity contribution in [2.45, 2.75) is 28.8 Å². The molecule has 1 N–H and O–H groups in total. The number of anilines is 1. The van der Waals surface area contributed by atoms with E-state index in [0.29, 0.717) is 43.1 Å². The van der Waals surface area contributed by atoms with Crippen molar-refractivity contribution in [1.29, 1.82) is 0 Å². The number of ether oxygens (including phenoxy) is 1. The van der Waals surface area contributed by atoms with Crippen molar-refractivity contribution in [3.05, 3.63) is 60.4 Å². The Morgan fingerprint density at radius 2 is 1.82 bits per heavy atom. The molecule has 0 radical (unpaired) electrons. The Labute approximate surface area is 202 Å². The van der Waals surface area contributed by atoms with E-state index in [9.17, 15) is 13.2 Å². The third-order valence-corrected chi connectivity index (χ3v) is 8.50. The summed E-state index contributed by atoms with van der Waals surface area (Å²) in [5.74, 6) is 1.21. The average molecular weight is 500 g/mol. The minimum Gasteiger partial charge on any atom is -0.379 e. The maximum Gasteiger partial charge on any atom is 0.243 e. The number of aromatic nitrogens is 3. The highest BCUT2D eigenvalue weighted by atomic mass is 32.2. The summed E-state index contributed by atoms with van der Waals surface area (Å²) in [5, 5.41) is 12.2. The van der Waals surface area contributed by atoms with Crippen LogP contribution in [0.1, 0.15) is 24.6 Å². The van der Waals surface area contributed by atoms with E-state index >= 15 is 0 Å². The van der Waals surface area contributed by atoms with Gasteiger partial charge in [0.15, 0.2) is 5.16 Å². The van der Waals surface area contributed by atoms with Crippen LogP contribution in [0.4, 0.5) is 5.69 Å². The van der Waals surface area contributed by atoms with Crippen LogP contribution in [0.3, 0.4) is 0 Å². The fraction of sp³-hybridized carbons (Fsp3) is 0.348. The molecule has 1 aliphatic heterocycles. The number of nitrogens with zero attached hydrogens (tertiary/aromatic N) is 4. The Bertz CT molecular complexity index is 1270. The lowest BCUT2D eigenvalue weighted by atomic mass is 10.3. The number of thioether (sulfide) groups is 1. The third kappa shape index (κ3) is 5.02. The van der Waals surface area contributed by atoms with Crippen LogP contribution in [-0.4, -0.2) is 65.5 Å². The number of para-hydroxylation sites is 1. The van der Waals surface area contributed by atoms with Crippen molar-refractivity contribution in [1.82, 2.24) is 19.1 Å². The normalized spacial score (nSPS) is 16.9. The zero-order valence-electron chi connectivity index (χ0n) is 18.5. The van der Waals surface area contributed by atoms with Gasteiger partial charge in [0.1, 0.15) is 5.82 Å². The molecule has 2 fully saturated rings. The van der Waals surface area contributed by atoms with E-state index in [0.717, 1.165) is 24.4 Å². The first-order valence-corrected chi connectivity index (χ1v) is 13.6. The molecule has 0 spiro atoms. The van der Waals surface area contributed by atoms with Crippen LogP contribution in [0, 0.1) is 0 Å². The number of nitrogens with one attached hydrogen (secondary N) is 1. The van der Waals surface area contributed by atoms with Crippen LogP contribution in [0.15, 0.2) is 64.6 Å². The van der Waals surface area contributed by atoms with Gasteiger partial charge < -0.3 is 10.1 Å². The average Bonchev–Trinajstić information content (AvgIpc) is 3.63. The third-order valence-electron chi connectivity index (χ3n) is 5.67. The Hall–Kier alpha value is -2.73. The van der Waals surface area contributed by atoms with Crippen LogP contribution >= 0.6 is 11.8 Å². The smallest absolute Gasteiger partial charge is 0.243 e. The van der Waals surface area contributed by atoms with Crippen molar-refractivity contribution in [3.8, 4) is 5.69 Å². The van der Waals surface area contributed by atoms with Gasteiger partial charge in [0, 0.05) is 30.4 Å². The van der Waals surface area contributed by atoms with Crippen molar-refractivity contribution >= 4 is 33.4 Å². The molecule has 11 heteroatoms. The fourth-order valence-corrected chi connectivity index (χ4v) is 6.01. The molecule has 34 heavy (non-hydrogen) atoms. The highest BCUT2D eigenvalue weighted by molar-refractivity contribution is 7.99. The standard InChI is InChI=1S/C23H25N5O4S2/c29-21(24-18-5-4-8-20(15-18)34(30,31)27-11-13-32-14-12-27)16-33-23-26-25-22(17-9-10-17)28(23)19-6-2-1-3-7-19/h1-8,15,17H,9-14,16H2,(H,24,29). The van der Waals surface area contributed by atoms with E-state index < -0.39 is 10.0 Å². The minimum absolute atomic E-state index is 0.121. The maximum atomic E-state index is 12.9. The second kappa shape index (κ2) is 9.87. The Morgan fingerprint density at radius 1 is 1.06 bits per heavy atom. The molecule has 3 aromatic rings. The quantitative estimate of drug-likeness (QED) is 0.475. The lowest BCUT2D eigenvalue weighted by molar-refractivity contribution is -0.113. The fourth-order valence-electron chi connectivity index (χ4n) is 3.80. The second-order valence-electron chi connectivity index (χ2n) is 8.17. The molecule has 1 amide bonds. The lowest BCUT2D eigenvalue weighted by Gasteiger charge is -2.26. The summed E-state index contributed by atoms with van der Waals surface area (Å²) in [7, 11) is -3.64. The summed E-state index contributed by atoms with van der Waals surface area (Å²) in [4.78, 5) is 12.8. The number of morpholine rings is 1. The predicted molar refractivity (Wildman–Crippen MR) is 129 cm³/mol. The van der Waals surface area contributed by atoms with Crippen molar-refractivity contribution < 1.29 is 17.9 Å². The van der Waals surface area contributed by atoms with E-state index in [2.05, 4.69) is 15.5 Å². The molecule has 0 unspecified atom stereocenters. The van der Waals surface area contributed by atoms with Crippen LogP contribution in [0.25, 0.3) is 5.69 Å². The number of carbonyl (C=O) groups excluding carboxylic acids is 1. The molecule has 178 valence electrons. The summed E-state index contributed by atoms with van der Waals surface area (Å²) < 4.78 is 34.5. The van der Waals surface area contributed by atoms with Gasteiger partial charge in [-0.05, 0) is 43.2 Å². The zero-order valence-corrected chi connectivity index (χ0v) is 20.1. The van der Waals surface area contributed by atoms with E-state index in [1.54, 1.807) is 12.1 Å². The lowest BCUT2D eigenvalue weighted by Crippen LogP contribution is -2.40. The van der Waals surface area contributed by atoms with E-state index in [1.165, 1.54) is 28.2 Å². The summed E-state index contributed by atoms with van der Waals surface area (Å²) in [6.45, 7) is 1.40. The second-order valence-corrected chi connectivity index (χ2v) is 11.0. The Balaban J connectivity index is 1.27. The van der Waals surface area contributed by atoms with Gasteiger partial charge in [-0.3, -0.25) is 9.36 Å². The molecule has 1 saturated carbocycles. The van der Waals surface area contributed by atoms with Crippen LogP contribution in [0.2, 0.25) is 0 Å². The van der Waals surface area contributed by atoms with Gasteiger partial charge in [-0.2, -0.15) is 4.31 Å². The largest absolute Gasteiger partial charge is 0.379 e. The van der Waals surface area contributed by atoms with Gasteiger partial charge in [-0.25, -0.2) is 8.42 Å². The molecule has 2 heterocycles. The molecule has 1 aromatic heterocycles. The highest BCUT2D eigenvalue weighted by Gasteiger charge is 2.31. The van der Waals surface area contributed by atoms with Crippen molar-refractivity contribution in [2.75, 3.05) is 37.4 Å². The summed E-state index contributed by atoms with van der Waals surface area (Å²) in [6, 6.07) is 16.2. The van der Waals surface area contributed by atoms with Gasteiger partial charge >= 0.3 is 0 Å². The summed E-state index contributed by atoms with van der Waals surface area (Å²) in [5.41, 5.74) is 1.40. The van der Waals surface area contributed by atoms with Gasteiger partial charge in [-0.15, -0.1) is 10.2 Å². The zero-order chi connectivity index (χ0) is 23.5. The number of hydrogen-bond donors (Lipinski definition) is 1. The summed E-state index contributed by atoms with van der Waals surface area (Å²) in [6.07, 6.45) is 2.19. The van der Waals surface area contributed by atoms with Gasteiger partial charge in [0.05, 0.1) is 23.9 Å². The first kappa shape index (κ1) is 23.0. The van der Waals surface area contributed by atoms with Crippen LogP contribution < -0.4 is 5.32 Å². The molecule has 2 aliphatic rings. The van der Waals surface area contributed by atoms with Crippen LogP contribution in [0.5, 0.6) is 0 Å². The molecular formula is C23H25N5O4S2. The molecule has 0 bridgehead atoms. The first-order chi connectivity index (χ1) is 16.5. The number of amides is 1. The van der Waals surface area contributed by atoms with E-state index in [1.807, 2.05) is 34.9 Å². The number of rotatable bonds is 8. The number of hydrogen-bond acceptors (Lipinski definition) is 7. The first-order valence-electron chi connectivity index (χ1n) is 11.1. The molecule has 2 aromatic carbocycles. The van der Waals surface area contributed by atoms with Crippen LogP contribution in [-0.2, 0) is 19.6 Å². The van der Waals surface area contributed by atoms with Gasteiger partial charge in [0.25, 0.3) is 0 Å². The van der Waals surface area contributed by atoms with Crippen molar-refractivity contribution in [3.63, 3.8) is 0 Å².